The molecular weight excluding hydrogens is 452 g/mol. The number of benzene rings is 2. The summed E-state index contributed by atoms with van der Waals surface area (Å²) in [7, 11) is 0. The molecule has 0 aromatic heterocycles. The first-order chi connectivity index (χ1) is 16.5. The van der Waals surface area contributed by atoms with E-state index in [0.717, 1.165) is 0 Å². The van der Waals surface area contributed by atoms with E-state index in [2.05, 4.69) is 19.7 Å². The van der Waals surface area contributed by atoms with Crippen LogP contribution in [0.15, 0.2) is 78.9 Å². The maximum Gasteiger partial charge on any atom is 0.342 e. The zero-order valence-corrected chi connectivity index (χ0v) is 19.8. The molecule has 0 radical (unpaired) electrons. The van der Waals surface area contributed by atoms with Gasteiger partial charge in [-0.15, -0.1) is 0 Å². The molecule has 8 heteroatoms. The van der Waals surface area contributed by atoms with Gasteiger partial charge in [0.15, 0.2) is 0 Å². The van der Waals surface area contributed by atoms with Crippen LogP contribution >= 0.6 is 0 Å². The molecule has 0 spiro atoms. The number of hydrogen-bond donors (Lipinski definition) is 0. The molecule has 2 aromatic rings. The summed E-state index contributed by atoms with van der Waals surface area (Å²) in [6, 6.07) is 11.2. The molecule has 2 rings (SSSR count). The molecule has 0 atom stereocenters. The molecule has 0 amide bonds. The second-order valence-corrected chi connectivity index (χ2v) is 7.63. The summed E-state index contributed by atoms with van der Waals surface area (Å²) in [4.78, 5) is 47.9. The third-order valence-electron chi connectivity index (χ3n) is 4.40. The average Bonchev–Trinajstić information content (AvgIpc) is 2.81. The quantitative estimate of drug-likeness (QED) is 0.211. The van der Waals surface area contributed by atoms with Gasteiger partial charge in [0.2, 0.25) is 0 Å². The van der Waals surface area contributed by atoms with Gasteiger partial charge in [0.25, 0.3) is 0 Å². The van der Waals surface area contributed by atoms with Crippen molar-refractivity contribution in [3.05, 3.63) is 84.5 Å². The summed E-state index contributed by atoms with van der Waals surface area (Å²) in [6.45, 7) is 14.7. The van der Waals surface area contributed by atoms with Crippen LogP contribution in [0, 0.1) is 0 Å². The maximum atomic E-state index is 12.8. The van der Waals surface area contributed by atoms with Crippen molar-refractivity contribution < 1.29 is 38.1 Å². The molecule has 0 aliphatic heterocycles. The lowest BCUT2D eigenvalue weighted by atomic mass is 10.0. The number of ether oxygens (including phenoxy) is 4. The monoisotopic (exact) mass is 478 g/mol. The fraction of sp³-hybridized carbons (Fsp3) is 0.185. The highest BCUT2D eigenvalue weighted by Gasteiger charge is 2.19. The van der Waals surface area contributed by atoms with Crippen LogP contribution in [0.2, 0.25) is 0 Å². The van der Waals surface area contributed by atoms with Crippen molar-refractivity contribution in [2.75, 3.05) is 13.2 Å². The highest BCUT2D eigenvalue weighted by Crippen LogP contribution is 2.29. The first kappa shape index (κ1) is 26.8. The van der Waals surface area contributed by atoms with Crippen LogP contribution in [0.1, 0.15) is 31.1 Å². The van der Waals surface area contributed by atoms with Crippen molar-refractivity contribution in [2.24, 2.45) is 0 Å². The van der Waals surface area contributed by atoms with Gasteiger partial charge < -0.3 is 18.9 Å². The Balaban J connectivity index is 2.26. The van der Waals surface area contributed by atoms with E-state index >= 15 is 0 Å². The van der Waals surface area contributed by atoms with Gasteiger partial charge in [-0.1, -0.05) is 37.9 Å². The summed E-state index contributed by atoms with van der Waals surface area (Å²) < 4.78 is 20.6. The second kappa shape index (κ2) is 12.1. The van der Waals surface area contributed by atoms with Gasteiger partial charge in [-0.2, -0.15) is 0 Å². The number of carbonyl (C=O) groups is 4. The Kier molecular flexibility index (Phi) is 9.28. The normalized spacial score (nSPS) is 10.0. The Labute approximate surface area is 203 Å². The predicted molar refractivity (Wildman–Crippen MR) is 129 cm³/mol. The lowest BCUT2D eigenvalue weighted by Crippen LogP contribution is -2.16. The van der Waals surface area contributed by atoms with E-state index in [9.17, 15) is 19.2 Å². The lowest BCUT2D eigenvalue weighted by Gasteiger charge is -2.13. The minimum Gasteiger partial charge on any atom is -0.459 e. The minimum atomic E-state index is -0.783. The van der Waals surface area contributed by atoms with Crippen LogP contribution in [-0.4, -0.2) is 37.1 Å². The first-order valence-corrected chi connectivity index (χ1v) is 10.5. The van der Waals surface area contributed by atoms with Gasteiger partial charge >= 0.3 is 23.9 Å². The summed E-state index contributed by atoms with van der Waals surface area (Å²) >= 11 is 0. The number of rotatable bonds is 10. The molecule has 182 valence electrons. The standard InChI is InChI=1S/C27H26O8/c1-16(2)24(28)32-13-14-33-27(31)22-15-20(9-12-23(22)35-26(30)18(5)6)19-7-10-21(11-8-19)34-25(29)17(3)4/h7-12,15H,1,3,5,13-14H2,2,4,6H3. The molecule has 35 heavy (non-hydrogen) atoms. The van der Waals surface area contributed by atoms with E-state index in [-0.39, 0.29) is 41.2 Å². The van der Waals surface area contributed by atoms with Gasteiger partial charge in [0.05, 0.1) is 0 Å². The van der Waals surface area contributed by atoms with E-state index in [1.807, 2.05) is 0 Å². The third kappa shape index (κ3) is 7.82. The number of esters is 4. The van der Waals surface area contributed by atoms with Crippen LogP contribution in [-0.2, 0) is 23.9 Å². The molecule has 8 nitrogen and oxygen atoms in total. The molecule has 0 fully saturated rings. The fourth-order valence-corrected chi connectivity index (χ4v) is 2.52. The van der Waals surface area contributed by atoms with Crippen LogP contribution in [0.3, 0.4) is 0 Å². The van der Waals surface area contributed by atoms with E-state index in [1.165, 1.54) is 26.0 Å². The van der Waals surface area contributed by atoms with Gasteiger partial charge in [0, 0.05) is 16.7 Å². The van der Waals surface area contributed by atoms with E-state index in [4.69, 9.17) is 18.9 Å². The third-order valence-corrected chi connectivity index (χ3v) is 4.40. The molecule has 0 heterocycles. The van der Waals surface area contributed by atoms with Gasteiger partial charge in [-0.3, -0.25) is 0 Å². The Morgan fingerprint density at radius 2 is 1.17 bits per heavy atom. The van der Waals surface area contributed by atoms with Gasteiger partial charge in [0.1, 0.15) is 30.3 Å². The Morgan fingerprint density at radius 3 is 1.74 bits per heavy atom. The minimum absolute atomic E-state index is 0.0129. The first-order valence-electron chi connectivity index (χ1n) is 10.5. The molecule has 0 saturated carbocycles. The summed E-state index contributed by atoms with van der Waals surface area (Å²) in [5.74, 6) is -2.31. The van der Waals surface area contributed by atoms with Crippen molar-refractivity contribution >= 4 is 23.9 Å². The fourth-order valence-electron chi connectivity index (χ4n) is 2.52. The molecule has 0 unspecified atom stereocenters. The topological polar surface area (TPSA) is 105 Å². The highest BCUT2D eigenvalue weighted by atomic mass is 16.6. The van der Waals surface area contributed by atoms with Gasteiger partial charge in [-0.05, 0) is 56.2 Å². The molecule has 0 aliphatic rings. The maximum absolute atomic E-state index is 12.8. The second-order valence-electron chi connectivity index (χ2n) is 7.63. The molecule has 0 saturated heterocycles. The van der Waals surface area contributed by atoms with Crippen molar-refractivity contribution in [3.63, 3.8) is 0 Å². The summed E-state index contributed by atoms with van der Waals surface area (Å²) in [5, 5.41) is 0. The lowest BCUT2D eigenvalue weighted by molar-refractivity contribution is -0.140. The van der Waals surface area contributed by atoms with Crippen molar-refractivity contribution in [3.8, 4) is 22.6 Å². The zero-order chi connectivity index (χ0) is 26.1. The largest absolute Gasteiger partial charge is 0.459 e. The van der Waals surface area contributed by atoms with Crippen LogP contribution in [0.4, 0.5) is 0 Å². The van der Waals surface area contributed by atoms with Crippen molar-refractivity contribution in [1.29, 1.82) is 0 Å². The predicted octanol–water partition coefficient (Wildman–Crippen LogP) is 4.59. The summed E-state index contributed by atoms with van der Waals surface area (Å²) in [6.07, 6.45) is 0. The van der Waals surface area contributed by atoms with Crippen molar-refractivity contribution in [2.45, 2.75) is 20.8 Å². The Morgan fingerprint density at radius 1 is 0.657 bits per heavy atom. The molecule has 0 bridgehead atoms. The highest BCUT2D eigenvalue weighted by molar-refractivity contribution is 5.97. The van der Waals surface area contributed by atoms with E-state index in [0.29, 0.717) is 16.9 Å². The van der Waals surface area contributed by atoms with Crippen LogP contribution in [0.5, 0.6) is 11.5 Å². The Bertz CT molecular complexity index is 1190. The molecular formula is C27H26O8. The molecule has 2 aromatic carbocycles. The Hall–Kier alpha value is -4.46. The van der Waals surface area contributed by atoms with Crippen molar-refractivity contribution in [1.82, 2.24) is 0 Å². The van der Waals surface area contributed by atoms with Crippen LogP contribution < -0.4 is 9.47 Å². The zero-order valence-electron chi connectivity index (χ0n) is 19.8. The average molecular weight is 478 g/mol. The molecule has 0 N–H and O–H groups in total. The molecule has 0 aliphatic carbocycles. The van der Waals surface area contributed by atoms with E-state index in [1.54, 1.807) is 37.3 Å². The van der Waals surface area contributed by atoms with Gasteiger partial charge in [-0.25, -0.2) is 19.2 Å². The number of carbonyl (C=O) groups excluding carboxylic acids is 4. The van der Waals surface area contributed by atoms with E-state index < -0.39 is 23.9 Å². The van der Waals surface area contributed by atoms with Crippen LogP contribution in [0.25, 0.3) is 11.1 Å². The SMILES string of the molecule is C=C(C)C(=O)OCCOC(=O)c1cc(-c2ccc(OC(=O)C(=C)C)cc2)ccc1OC(=O)C(=C)C. The summed E-state index contributed by atoms with van der Waals surface area (Å²) in [5.41, 5.74) is 1.94. The smallest absolute Gasteiger partial charge is 0.342 e. The number of hydrogen-bond acceptors (Lipinski definition) is 8.